The van der Waals surface area contributed by atoms with E-state index in [0.717, 1.165) is 0 Å². The number of carbonyl (C=O) groups is 1. The number of carbonyl (C=O) groups excluding carboxylic acids is 1. The van der Waals surface area contributed by atoms with E-state index in [-0.39, 0.29) is 10.8 Å². The average molecular weight is 312 g/mol. The van der Waals surface area contributed by atoms with Gasteiger partial charge in [0.25, 0.3) is 5.91 Å². The molecule has 0 bridgehead atoms. The fraction of sp³-hybridized carbons (Fsp3) is 0.533. The molecule has 1 aromatic carbocycles. The molecule has 1 rings (SSSR count). The van der Waals surface area contributed by atoms with Crippen LogP contribution in [0.3, 0.4) is 0 Å². The zero-order valence-electron chi connectivity index (χ0n) is 13.2. The lowest BCUT2D eigenvalue weighted by molar-refractivity contribution is 0.0949. The van der Waals surface area contributed by atoms with Gasteiger partial charge in [0.15, 0.2) is 0 Å². The topological polar surface area (TPSA) is 75.3 Å². The Hall–Kier alpha value is -1.40. The number of rotatable bonds is 5. The number of hydrogen-bond acceptors (Lipinski definition) is 3. The van der Waals surface area contributed by atoms with Gasteiger partial charge in [0.2, 0.25) is 10.0 Å². The molecule has 0 saturated carbocycles. The highest BCUT2D eigenvalue weighted by Crippen LogP contribution is 2.14. The van der Waals surface area contributed by atoms with E-state index in [4.69, 9.17) is 0 Å². The molecule has 21 heavy (non-hydrogen) atoms. The third-order valence-electron chi connectivity index (χ3n) is 2.54. The molecule has 5 nitrogen and oxygen atoms in total. The summed E-state index contributed by atoms with van der Waals surface area (Å²) in [6.45, 7) is 9.93. The molecule has 6 heteroatoms. The molecule has 118 valence electrons. The third kappa shape index (κ3) is 5.85. The van der Waals surface area contributed by atoms with Crippen molar-refractivity contribution < 1.29 is 13.2 Å². The van der Waals surface area contributed by atoms with Gasteiger partial charge in [0, 0.05) is 17.6 Å². The Morgan fingerprint density at radius 1 is 1.14 bits per heavy atom. The van der Waals surface area contributed by atoms with Crippen molar-refractivity contribution >= 4 is 15.9 Å². The summed E-state index contributed by atoms with van der Waals surface area (Å²) in [5, 5.41) is 2.79. The van der Waals surface area contributed by atoms with Crippen molar-refractivity contribution in [1.29, 1.82) is 0 Å². The first kappa shape index (κ1) is 17.7. The third-order valence-corrected chi connectivity index (χ3v) is 4.31. The largest absolute Gasteiger partial charge is 0.352 e. The van der Waals surface area contributed by atoms with E-state index in [1.54, 1.807) is 20.8 Å². The second-order valence-corrected chi connectivity index (χ2v) is 8.17. The fourth-order valence-electron chi connectivity index (χ4n) is 1.65. The second kappa shape index (κ2) is 6.58. The van der Waals surface area contributed by atoms with Gasteiger partial charge in [-0.05, 0) is 51.0 Å². The smallest absolute Gasteiger partial charge is 0.251 e. The molecule has 0 aliphatic heterocycles. The van der Waals surface area contributed by atoms with Gasteiger partial charge in [-0.15, -0.1) is 0 Å². The van der Waals surface area contributed by atoms with E-state index in [2.05, 4.69) is 10.0 Å². The van der Waals surface area contributed by atoms with Gasteiger partial charge in [-0.25, -0.2) is 13.1 Å². The standard InChI is InChI=1S/C15H24N2O3S/c1-11(2)10-16-14(18)12-6-8-13(9-7-12)21(19,20)17-15(3,4)5/h6-9,11,17H,10H2,1-5H3,(H,16,18). The van der Waals surface area contributed by atoms with Crippen LogP contribution in [0.1, 0.15) is 45.0 Å². The van der Waals surface area contributed by atoms with Gasteiger partial charge in [0.05, 0.1) is 4.90 Å². The fourth-order valence-corrected chi connectivity index (χ4v) is 3.06. The monoisotopic (exact) mass is 312 g/mol. The van der Waals surface area contributed by atoms with Crippen molar-refractivity contribution in [3.05, 3.63) is 29.8 Å². The van der Waals surface area contributed by atoms with E-state index in [9.17, 15) is 13.2 Å². The maximum absolute atomic E-state index is 12.1. The molecular weight excluding hydrogens is 288 g/mol. The predicted octanol–water partition coefficient (Wildman–Crippen LogP) is 2.15. The molecule has 1 aromatic rings. The van der Waals surface area contributed by atoms with E-state index in [1.807, 2.05) is 13.8 Å². The Balaban J connectivity index is 2.85. The Labute approximate surface area is 127 Å². The molecular formula is C15H24N2O3S. The lowest BCUT2D eigenvalue weighted by Gasteiger charge is -2.20. The minimum Gasteiger partial charge on any atom is -0.352 e. The summed E-state index contributed by atoms with van der Waals surface area (Å²) in [5.41, 5.74) is -0.100. The lowest BCUT2D eigenvalue weighted by Crippen LogP contribution is -2.40. The minimum absolute atomic E-state index is 0.151. The van der Waals surface area contributed by atoms with Crippen molar-refractivity contribution in [2.24, 2.45) is 5.92 Å². The van der Waals surface area contributed by atoms with Crippen molar-refractivity contribution in [3.63, 3.8) is 0 Å². The number of amides is 1. The summed E-state index contributed by atoms with van der Waals surface area (Å²) < 4.78 is 26.8. The van der Waals surface area contributed by atoms with Gasteiger partial charge in [-0.3, -0.25) is 4.79 Å². The summed E-state index contributed by atoms with van der Waals surface area (Å²) in [5.74, 6) is 0.168. The van der Waals surface area contributed by atoms with Crippen LogP contribution in [0, 0.1) is 5.92 Å². The molecule has 0 aromatic heterocycles. The molecule has 0 saturated heterocycles. The summed E-state index contributed by atoms with van der Waals surface area (Å²) in [6, 6.07) is 5.93. The van der Waals surface area contributed by atoms with Crippen LogP contribution in [-0.2, 0) is 10.0 Å². The molecule has 0 spiro atoms. The molecule has 0 aliphatic carbocycles. The Kier molecular flexibility index (Phi) is 5.53. The molecule has 0 fully saturated rings. The molecule has 2 N–H and O–H groups in total. The van der Waals surface area contributed by atoms with E-state index < -0.39 is 15.6 Å². The van der Waals surface area contributed by atoms with Gasteiger partial charge >= 0.3 is 0 Å². The number of sulfonamides is 1. The van der Waals surface area contributed by atoms with Crippen molar-refractivity contribution in [2.45, 2.75) is 45.1 Å². The van der Waals surface area contributed by atoms with E-state index >= 15 is 0 Å². The molecule has 0 unspecified atom stereocenters. The van der Waals surface area contributed by atoms with Gasteiger partial charge in [0.1, 0.15) is 0 Å². The minimum atomic E-state index is -3.57. The molecule has 0 atom stereocenters. The molecule has 0 heterocycles. The Bertz CT molecular complexity index is 584. The highest BCUT2D eigenvalue weighted by molar-refractivity contribution is 7.89. The lowest BCUT2D eigenvalue weighted by atomic mass is 10.1. The van der Waals surface area contributed by atoms with Crippen LogP contribution >= 0.6 is 0 Å². The first-order valence-corrected chi connectivity index (χ1v) is 8.42. The highest BCUT2D eigenvalue weighted by atomic mass is 32.2. The SMILES string of the molecule is CC(C)CNC(=O)c1ccc(S(=O)(=O)NC(C)(C)C)cc1. The van der Waals surface area contributed by atoms with Crippen LogP contribution in [0.5, 0.6) is 0 Å². The number of nitrogens with one attached hydrogen (secondary N) is 2. The van der Waals surface area contributed by atoms with Crippen LogP contribution in [0.25, 0.3) is 0 Å². The van der Waals surface area contributed by atoms with Crippen molar-refractivity contribution in [3.8, 4) is 0 Å². The average Bonchev–Trinajstić information content (AvgIpc) is 2.33. The van der Waals surface area contributed by atoms with E-state index in [1.165, 1.54) is 24.3 Å². The maximum Gasteiger partial charge on any atom is 0.251 e. The summed E-state index contributed by atoms with van der Waals surface area (Å²) in [7, 11) is -3.57. The summed E-state index contributed by atoms with van der Waals surface area (Å²) >= 11 is 0. The van der Waals surface area contributed by atoms with Crippen LogP contribution in [0.4, 0.5) is 0 Å². The van der Waals surface area contributed by atoms with Gasteiger partial charge in [-0.2, -0.15) is 0 Å². The number of hydrogen-bond donors (Lipinski definition) is 2. The Morgan fingerprint density at radius 3 is 2.10 bits per heavy atom. The van der Waals surface area contributed by atoms with Gasteiger partial charge in [-0.1, -0.05) is 13.8 Å². The molecule has 0 aliphatic rings. The molecule has 0 radical (unpaired) electrons. The first-order valence-electron chi connectivity index (χ1n) is 6.93. The zero-order valence-corrected chi connectivity index (χ0v) is 14.0. The summed E-state index contributed by atoms with van der Waals surface area (Å²) in [6.07, 6.45) is 0. The second-order valence-electron chi connectivity index (χ2n) is 6.48. The molecule has 1 amide bonds. The first-order chi connectivity index (χ1) is 9.51. The zero-order chi connectivity index (χ0) is 16.3. The Morgan fingerprint density at radius 2 is 1.67 bits per heavy atom. The van der Waals surface area contributed by atoms with Crippen molar-refractivity contribution in [2.75, 3.05) is 6.54 Å². The number of benzene rings is 1. The van der Waals surface area contributed by atoms with Crippen LogP contribution in [0.15, 0.2) is 29.2 Å². The highest BCUT2D eigenvalue weighted by Gasteiger charge is 2.22. The van der Waals surface area contributed by atoms with Crippen LogP contribution < -0.4 is 10.0 Å². The van der Waals surface area contributed by atoms with E-state index in [0.29, 0.717) is 18.0 Å². The normalized spacial score (nSPS) is 12.5. The van der Waals surface area contributed by atoms with Crippen LogP contribution in [0.2, 0.25) is 0 Å². The quantitative estimate of drug-likeness (QED) is 0.875. The van der Waals surface area contributed by atoms with Crippen molar-refractivity contribution in [1.82, 2.24) is 10.0 Å². The van der Waals surface area contributed by atoms with Gasteiger partial charge < -0.3 is 5.32 Å². The van der Waals surface area contributed by atoms with Crippen LogP contribution in [-0.4, -0.2) is 26.4 Å². The predicted molar refractivity (Wildman–Crippen MR) is 83.7 cm³/mol. The maximum atomic E-state index is 12.1. The summed E-state index contributed by atoms with van der Waals surface area (Å²) in [4.78, 5) is 12.0.